The van der Waals surface area contributed by atoms with E-state index in [-0.39, 0.29) is 5.78 Å². The van der Waals surface area contributed by atoms with Crippen molar-refractivity contribution >= 4 is 43.2 Å². The topological polar surface area (TPSA) is 17.1 Å². The van der Waals surface area contributed by atoms with Crippen LogP contribution in [0.25, 0.3) is 5.57 Å². The first-order valence-corrected chi connectivity index (χ1v) is 8.06. The maximum absolute atomic E-state index is 12.2. The number of benzene rings is 2. The molecule has 3 heteroatoms. The Bertz CT molecular complexity index is 679. The third kappa shape index (κ3) is 4.51. The van der Waals surface area contributed by atoms with Crippen LogP contribution in [0.4, 0.5) is 0 Å². The van der Waals surface area contributed by atoms with Gasteiger partial charge in [-0.1, -0.05) is 62.2 Å². The Labute approximate surface area is 141 Å². The van der Waals surface area contributed by atoms with Crippen molar-refractivity contribution in [1.82, 2.24) is 0 Å². The molecule has 0 heterocycles. The van der Waals surface area contributed by atoms with Crippen molar-refractivity contribution in [3.05, 3.63) is 86.8 Å². The van der Waals surface area contributed by atoms with Crippen LogP contribution >= 0.6 is 31.9 Å². The number of halogens is 2. The molecule has 0 fully saturated rings. The first kappa shape index (κ1) is 15.9. The molecule has 0 aliphatic carbocycles. The van der Waals surface area contributed by atoms with Crippen LogP contribution in [0.2, 0.25) is 0 Å². The third-order valence-electron chi connectivity index (χ3n) is 2.99. The Kier molecular flexibility index (Phi) is 5.71. The molecule has 0 atom stereocenters. The monoisotopic (exact) mass is 404 g/mol. The lowest BCUT2D eigenvalue weighted by atomic mass is 10.0. The minimum absolute atomic E-state index is 0.00955. The van der Waals surface area contributed by atoms with Crippen molar-refractivity contribution in [1.29, 1.82) is 0 Å². The summed E-state index contributed by atoms with van der Waals surface area (Å²) >= 11 is 6.87. The van der Waals surface area contributed by atoms with Crippen molar-refractivity contribution in [3.63, 3.8) is 0 Å². The molecule has 0 amide bonds. The molecule has 0 saturated heterocycles. The molecule has 2 aromatic rings. The molecule has 0 aliphatic rings. The highest BCUT2D eigenvalue weighted by molar-refractivity contribution is 9.11. The standard InChI is InChI=1S/C18H14Br2O/c1-13(19)17(14-5-3-2-4-6-14)11-12-18(21)15-7-9-16(20)10-8-15/h2-12H,1H3. The van der Waals surface area contributed by atoms with Gasteiger partial charge < -0.3 is 0 Å². The summed E-state index contributed by atoms with van der Waals surface area (Å²) in [6, 6.07) is 17.3. The highest BCUT2D eigenvalue weighted by Crippen LogP contribution is 2.24. The Hall–Kier alpha value is -1.45. The van der Waals surface area contributed by atoms with E-state index in [0.29, 0.717) is 5.56 Å². The summed E-state index contributed by atoms with van der Waals surface area (Å²) < 4.78 is 1.96. The normalized spacial score (nSPS) is 12.3. The fourth-order valence-electron chi connectivity index (χ4n) is 1.90. The van der Waals surface area contributed by atoms with Crippen molar-refractivity contribution in [3.8, 4) is 0 Å². The summed E-state index contributed by atoms with van der Waals surface area (Å²) in [4.78, 5) is 12.2. The zero-order chi connectivity index (χ0) is 15.2. The van der Waals surface area contributed by atoms with Gasteiger partial charge in [-0.05, 0) is 59.0 Å². The molecule has 0 bridgehead atoms. The van der Waals surface area contributed by atoms with Crippen LogP contribution < -0.4 is 0 Å². The van der Waals surface area contributed by atoms with Crippen molar-refractivity contribution < 1.29 is 4.79 Å². The number of carbonyl (C=O) groups excluding carboxylic acids is 1. The molecule has 0 saturated carbocycles. The minimum Gasteiger partial charge on any atom is -0.289 e. The van der Waals surface area contributed by atoms with Crippen LogP contribution in [0.5, 0.6) is 0 Å². The highest BCUT2D eigenvalue weighted by atomic mass is 79.9. The van der Waals surface area contributed by atoms with Crippen LogP contribution in [0.3, 0.4) is 0 Å². The van der Waals surface area contributed by atoms with Gasteiger partial charge in [0.15, 0.2) is 5.78 Å². The summed E-state index contributed by atoms with van der Waals surface area (Å²) in [5.41, 5.74) is 2.75. The molecule has 2 aromatic carbocycles. The second-order valence-electron chi connectivity index (χ2n) is 4.52. The Morgan fingerprint density at radius 2 is 1.52 bits per heavy atom. The molecule has 0 aliphatic heterocycles. The lowest BCUT2D eigenvalue weighted by Gasteiger charge is -2.04. The number of ketones is 1. The van der Waals surface area contributed by atoms with Gasteiger partial charge >= 0.3 is 0 Å². The maximum Gasteiger partial charge on any atom is 0.185 e. The Morgan fingerprint density at radius 1 is 0.905 bits per heavy atom. The third-order valence-corrected chi connectivity index (χ3v) is 3.94. The summed E-state index contributed by atoms with van der Waals surface area (Å²) in [7, 11) is 0. The van der Waals surface area contributed by atoms with Crippen LogP contribution in [-0.4, -0.2) is 5.78 Å². The second-order valence-corrected chi connectivity index (χ2v) is 6.62. The molecule has 21 heavy (non-hydrogen) atoms. The van der Waals surface area contributed by atoms with E-state index < -0.39 is 0 Å². The Balaban J connectivity index is 2.24. The predicted molar refractivity (Wildman–Crippen MR) is 95.6 cm³/mol. The van der Waals surface area contributed by atoms with Gasteiger partial charge in [-0.25, -0.2) is 0 Å². The molecule has 2 rings (SSSR count). The Morgan fingerprint density at radius 3 is 2.10 bits per heavy atom. The van der Waals surface area contributed by atoms with E-state index in [2.05, 4.69) is 31.9 Å². The first-order valence-electron chi connectivity index (χ1n) is 6.47. The molecular formula is C18H14Br2O. The average molecular weight is 406 g/mol. The lowest BCUT2D eigenvalue weighted by molar-refractivity contribution is 0.104. The zero-order valence-corrected chi connectivity index (χ0v) is 14.7. The largest absolute Gasteiger partial charge is 0.289 e. The SMILES string of the molecule is CC(Br)=C(C=CC(=O)c1ccc(Br)cc1)c1ccccc1. The number of rotatable bonds is 4. The van der Waals surface area contributed by atoms with Gasteiger partial charge in [0.1, 0.15) is 0 Å². The molecule has 0 N–H and O–H groups in total. The van der Waals surface area contributed by atoms with Crippen molar-refractivity contribution in [2.24, 2.45) is 0 Å². The second kappa shape index (κ2) is 7.53. The molecule has 0 spiro atoms. The van der Waals surface area contributed by atoms with Gasteiger partial charge in [0.25, 0.3) is 0 Å². The van der Waals surface area contributed by atoms with E-state index in [1.807, 2.05) is 67.6 Å². The highest BCUT2D eigenvalue weighted by Gasteiger charge is 2.04. The zero-order valence-electron chi connectivity index (χ0n) is 11.5. The van der Waals surface area contributed by atoms with E-state index in [9.17, 15) is 4.79 Å². The van der Waals surface area contributed by atoms with E-state index in [1.165, 1.54) is 0 Å². The number of hydrogen-bond donors (Lipinski definition) is 0. The van der Waals surface area contributed by atoms with Crippen molar-refractivity contribution in [2.45, 2.75) is 6.92 Å². The van der Waals surface area contributed by atoms with E-state index in [4.69, 9.17) is 0 Å². The van der Waals surface area contributed by atoms with Gasteiger partial charge in [-0.2, -0.15) is 0 Å². The number of hydrogen-bond acceptors (Lipinski definition) is 1. The molecule has 1 nitrogen and oxygen atoms in total. The minimum atomic E-state index is -0.00955. The van der Waals surface area contributed by atoms with Crippen LogP contribution in [0, 0.1) is 0 Å². The summed E-state index contributed by atoms with van der Waals surface area (Å²) in [5.74, 6) is -0.00955. The van der Waals surface area contributed by atoms with E-state index >= 15 is 0 Å². The van der Waals surface area contributed by atoms with Crippen molar-refractivity contribution in [2.75, 3.05) is 0 Å². The molecule has 106 valence electrons. The molecular weight excluding hydrogens is 392 g/mol. The first-order chi connectivity index (χ1) is 10.1. The molecule has 0 radical (unpaired) electrons. The van der Waals surface area contributed by atoms with Gasteiger partial charge in [0.05, 0.1) is 0 Å². The lowest BCUT2D eigenvalue weighted by Crippen LogP contribution is -1.94. The summed E-state index contributed by atoms with van der Waals surface area (Å²) in [6.45, 7) is 1.97. The smallest absolute Gasteiger partial charge is 0.185 e. The van der Waals surface area contributed by atoms with E-state index in [0.717, 1.165) is 20.1 Å². The van der Waals surface area contributed by atoms with Crippen LogP contribution in [0.1, 0.15) is 22.8 Å². The van der Waals surface area contributed by atoms with Crippen LogP contribution in [-0.2, 0) is 0 Å². The van der Waals surface area contributed by atoms with Gasteiger partial charge in [0.2, 0.25) is 0 Å². The van der Waals surface area contributed by atoms with Gasteiger partial charge in [-0.3, -0.25) is 4.79 Å². The fraction of sp³-hybridized carbons (Fsp3) is 0.0556. The average Bonchev–Trinajstić information content (AvgIpc) is 2.48. The van der Waals surface area contributed by atoms with E-state index in [1.54, 1.807) is 6.08 Å². The predicted octanol–water partition coefficient (Wildman–Crippen LogP) is 6.01. The fourth-order valence-corrected chi connectivity index (χ4v) is 2.52. The summed E-state index contributed by atoms with van der Waals surface area (Å²) in [6.07, 6.45) is 3.46. The molecule has 0 aromatic heterocycles. The maximum atomic E-state index is 12.2. The number of allylic oxidation sites excluding steroid dienone is 4. The quantitative estimate of drug-likeness (QED) is 0.345. The van der Waals surface area contributed by atoms with Gasteiger partial charge in [0, 0.05) is 10.0 Å². The van der Waals surface area contributed by atoms with Crippen LogP contribution in [0.15, 0.2) is 75.7 Å². The van der Waals surface area contributed by atoms with Gasteiger partial charge in [-0.15, -0.1) is 0 Å². The molecule has 0 unspecified atom stereocenters. The number of carbonyl (C=O) groups is 1. The summed E-state index contributed by atoms with van der Waals surface area (Å²) in [5, 5.41) is 0.